The van der Waals surface area contributed by atoms with Crippen LogP contribution in [0, 0.1) is 11.8 Å². The van der Waals surface area contributed by atoms with Gasteiger partial charge in [0.15, 0.2) is 6.29 Å². The Labute approximate surface area is 78.1 Å². The van der Waals surface area contributed by atoms with Gasteiger partial charge < -0.3 is 20.1 Å². The van der Waals surface area contributed by atoms with Gasteiger partial charge in [-0.15, -0.1) is 0 Å². The summed E-state index contributed by atoms with van der Waals surface area (Å²) in [6.07, 6.45) is -1.57. The molecule has 3 N–H and O–H groups in total. The lowest BCUT2D eigenvalue weighted by Crippen LogP contribution is -2.51. The predicted molar refractivity (Wildman–Crippen MR) is 46.9 cm³/mol. The maximum absolute atomic E-state index is 9.56. The van der Waals surface area contributed by atoms with Crippen LogP contribution in [0.2, 0.25) is 0 Å². The number of rotatable bonds is 2. The molecule has 1 aliphatic heterocycles. The second-order valence-electron chi connectivity index (χ2n) is 3.67. The van der Waals surface area contributed by atoms with Crippen molar-refractivity contribution >= 4 is 0 Å². The second kappa shape index (κ2) is 4.37. The molecule has 0 radical (unpaired) electrons. The van der Waals surface area contributed by atoms with E-state index in [9.17, 15) is 10.2 Å². The van der Waals surface area contributed by atoms with Crippen LogP contribution >= 0.6 is 0 Å². The molecule has 0 aromatic rings. The van der Waals surface area contributed by atoms with Crippen LogP contribution in [-0.2, 0) is 4.74 Å². The second-order valence-corrected chi connectivity index (χ2v) is 3.67. The zero-order valence-electron chi connectivity index (χ0n) is 8.05. The summed E-state index contributed by atoms with van der Waals surface area (Å²) in [5.74, 6) is 0.0781. The molecule has 1 saturated heterocycles. The average molecular weight is 190 g/mol. The molecule has 1 rings (SSSR count). The highest BCUT2D eigenvalue weighted by molar-refractivity contribution is 4.85. The highest BCUT2D eigenvalue weighted by Crippen LogP contribution is 2.31. The lowest BCUT2D eigenvalue weighted by Gasteiger charge is -2.41. The average Bonchev–Trinajstić information content (AvgIpc) is 2.12. The van der Waals surface area contributed by atoms with Gasteiger partial charge in [-0.25, -0.2) is 0 Å². The number of aliphatic hydroxyl groups excluding tert-OH is 3. The van der Waals surface area contributed by atoms with Crippen molar-refractivity contribution in [3.05, 3.63) is 0 Å². The minimum atomic E-state index is -1.15. The quantitative estimate of drug-likeness (QED) is 0.560. The summed E-state index contributed by atoms with van der Waals surface area (Å²) in [6, 6.07) is 0. The molecule has 1 aliphatic rings. The van der Waals surface area contributed by atoms with Gasteiger partial charge in [0.1, 0.15) is 6.10 Å². The number of hydrogen-bond donors (Lipinski definition) is 3. The summed E-state index contributed by atoms with van der Waals surface area (Å²) < 4.78 is 5.05. The summed E-state index contributed by atoms with van der Waals surface area (Å²) in [6.45, 7) is 3.77. The zero-order valence-corrected chi connectivity index (χ0v) is 8.05. The lowest BCUT2D eigenvalue weighted by atomic mass is 9.81. The minimum absolute atomic E-state index is 0.000833. The smallest absolute Gasteiger partial charge is 0.181 e. The van der Waals surface area contributed by atoms with Gasteiger partial charge in [-0.2, -0.15) is 0 Å². The summed E-state index contributed by atoms with van der Waals surface area (Å²) in [4.78, 5) is 0. The van der Waals surface area contributed by atoms with Crippen molar-refractivity contribution in [2.45, 2.75) is 38.8 Å². The fourth-order valence-corrected chi connectivity index (χ4v) is 2.00. The zero-order chi connectivity index (χ0) is 10.0. The summed E-state index contributed by atoms with van der Waals surface area (Å²) in [7, 11) is 0. The molecule has 78 valence electrons. The van der Waals surface area contributed by atoms with Gasteiger partial charge in [0.05, 0.1) is 12.7 Å². The molecule has 0 bridgehead atoms. The predicted octanol–water partition coefficient (Wildman–Crippen LogP) is -0.281. The Balaban J connectivity index is 2.69. The molecule has 0 aliphatic carbocycles. The Bertz CT molecular complexity index is 162. The third-order valence-electron chi connectivity index (χ3n) is 2.96. The number of hydrogen-bond acceptors (Lipinski definition) is 4. The molecular weight excluding hydrogens is 172 g/mol. The first-order valence-corrected chi connectivity index (χ1v) is 4.74. The highest BCUT2D eigenvalue weighted by Gasteiger charge is 2.40. The summed E-state index contributed by atoms with van der Waals surface area (Å²) in [5, 5.41) is 27.8. The fraction of sp³-hybridized carbons (Fsp3) is 1.00. The third-order valence-corrected chi connectivity index (χ3v) is 2.96. The van der Waals surface area contributed by atoms with E-state index in [2.05, 4.69) is 0 Å². The van der Waals surface area contributed by atoms with Crippen molar-refractivity contribution in [2.75, 3.05) is 6.61 Å². The van der Waals surface area contributed by atoms with Crippen molar-refractivity contribution < 1.29 is 20.1 Å². The van der Waals surface area contributed by atoms with Crippen LogP contribution in [0.3, 0.4) is 0 Å². The number of aliphatic hydroxyl groups is 3. The molecule has 1 fully saturated rings. The van der Waals surface area contributed by atoms with E-state index in [0.717, 1.165) is 6.42 Å². The fourth-order valence-electron chi connectivity index (χ4n) is 2.00. The van der Waals surface area contributed by atoms with E-state index in [-0.39, 0.29) is 24.5 Å². The first-order chi connectivity index (χ1) is 6.11. The van der Waals surface area contributed by atoms with Gasteiger partial charge in [-0.3, -0.25) is 0 Å². The Morgan fingerprint density at radius 1 is 1.31 bits per heavy atom. The van der Waals surface area contributed by atoms with Crippen LogP contribution in [0.25, 0.3) is 0 Å². The monoisotopic (exact) mass is 190 g/mol. The summed E-state index contributed by atoms with van der Waals surface area (Å²) in [5.41, 5.74) is 0. The van der Waals surface area contributed by atoms with Crippen molar-refractivity contribution in [1.82, 2.24) is 0 Å². The third kappa shape index (κ3) is 2.02. The Morgan fingerprint density at radius 3 is 2.38 bits per heavy atom. The molecule has 0 saturated carbocycles. The van der Waals surface area contributed by atoms with Gasteiger partial charge in [0.25, 0.3) is 0 Å². The van der Waals surface area contributed by atoms with Crippen LogP contribution in [0.5, 0.6) is 0 Å². The standard InChI is InChI=1S/C9H18O4/c1-3-6-5(2)7(4-10)13-9(12)8(6)11/h5-12H,3-4H2,1-2H3. The maximum atomic E-state index is 9.56. The minimum Gasteiger partial charge on any atom is -0.394 e. The SMILES string of the molecule is CCC1C(C)C(CO)OC(O)C1O. The molecule has 0 amide bonds. The van der Waals surface area contributed by atoms with Crippen molar-refractivity contribution in [2.24, 2.45) is 11.8 Å². The van der Waals surface area contributed by atoms with E-state index in [1.54, 1.807) is 0 Å². The van der Waals surface area contributed by atoms with Gasteiger partial charge in [0, 0.05) is 0 Å². The van der Waals surface area contributed by atoms with E-state index >= 15 is 0 Å². The van der Waals surface area contributed by atoms with Crippen LogP contribution in [0.4, 0.5) is 0 Å². The van der Waals surface area contributed by atoms with Crippen molar-refractivity contribution in [1.29, 1.82) is 0 Å². The molecular formula is C9H18O4. The molecule has 0 spiro atoms. The van der Waals surface area contributed by atoms with Crippen LogP contribution < -0.4 is 0 Å². The molecule has 1 heterocycles. The molecule has 0 aromatic carbocycles. The van der Waals surface area contributed by atoms with E-state index in [0.29, 0.717) is 0 Å². The first kappa shape index (κ1) is 10.9. The molecule has 4 heteroatoms. The topological polar surface area (TPSA) is 69.9 Å². The highest BCUT2D eigenvalue weighted by atomic mass is 16.6. The first-order valence-electron chi connectivity index (χ1n) is 4.74. The van der Waals surface area contributed by atoms with Gasteiger partial charge in [0.2, 0.25) is 0 Å². The Hall–Kier alpha value is -0.160. The normalized spacial score (nSPS) is 46.4. The van der Waals surface area contributed by atoms with E-state index in [1.165, 1.54) is 0 Å². The molecule has 5 unspecified atom stereocenters. The maximum Gasteiger partial charge on any atom is 0.181 e. The largest absolute Gasteiger partial charge is 0.394 e. The van der Waals surface area contributed by atoms with Crippen LogP contribution in [0.1, 0.15) is 20.3 Å². The van der Waals surface area contributed by atoms with Gasteiger partial charge in [-0.1, -0.05) is 20.3 Å². The van der Waals surface area contributed by atoms with E-state index in [4.69, 9.17) is 9.84 Å². The van der Waals surface area contributed by atoms with Crippen LogP contribution in [-0.4, -0.2) is 40.4 Å². The van der Waals surface area contributed by atoms with E-state index < -0.39 is 12.4 Å². The molecule has 0 aromatic heterocycles. The number of ether oxygens (including phenoxy) is 1. The van der Waals surface area contributed by atoms with Crippen molar-refractivity contribution in [3.63, 3.8) is 0 Å². The lowest BCUT2D eigenvalue weighted by molar-refractivity contribution is -0.258. The van der Waals surface area contributed by atoms with E-state index in [1.807, 2.05) is 13.8 Å². The Morgan fingerprint density at radius 2 is 1.92 bits per heavy atom. The van der Waals surface area contributed by atoms with Crippen LogP contribution in [0.15, 0.2) is 0 Å². The molecule has 13 heavy (non-hydrogen) atoms. The molecule has 5 atom stereocenters. The Kier molecular flexibility index (Phi) is 3.67. The van der Waals surface area contributed by atoms with Gasteiger partial charge in [-0.05, 0) is 11.8 Å². The van der Waals surface area contributed by atoms with Crippen molar-refractivity contribution in [3.8, 4) is 0 Å². The summed E-state index contributed by atoms with van der Waals surface area (Å²) >= 11 is 0. The molecule has 4 nitrogen and oxygen atoms in total. The van der Waals surface area contributed by atoms with Gasteiger partial charge >= 0.3 is 0 Å².